The lowest BCUT2D eigenvalue weighted by Crippen LogP contribution is -2.44. The van der Waals surface area contributed by atoms with Gasteiger partial charge < -0.3 is 14.4 Å². The number of anilines is 2. The topological polar surface area (TPSA) is 78.7 Å². The maximum absolute atomic E-state index is 15.6. The molecule has 1 amide bonds. The minimum Gasteiger partial charge on any atom is -0.490 e. The second-order valence-electron chi connectivity index (χ2n) is 11.0. The number of ether oxygens (including phenoxy) is 2. The fraction of sp³-hybridized carbons (Fsp3) is 0.355. The predicted molar refractivity (Wildman–Crippen MR) is 159 cm³/mol. The first-order valence-corrected chi connectivity index (χ1v) is 14.5. The molecule has 3 aromatic rings. The second-order valence-corrected chi connectivity index (χ2v) is 11.3. The van der Waals surface area contributed by atoms with Crippen molar-refractivity contribution in [3.8, 4) is 23.1 Å². The third-order valence-corrected chi connectivity index (χ3v) is 7.72. The molecule has 0 radical (unpaired) electrons. The summed E-state index contributed by atoms with van der Waals surface area (Å²) in [6, 6.07) is 5.49. The van der Waals surface area contributed by atoms with Crippen LogP contribution in [0.3, 0.4) is 0 Å². The lowest BCUT2D eigenvalue weighted by atomic mass is 10.0. The van der Waals surface area contributed by atoms with Crippen molar-refractivity contribution in [3.63, 3.8) is 0 Å². The van der Waals surface area contributed by atoms with Crippen LogP contribution >= 0.6 is 12.2 Å². The van der Waals surface area contributed by atoms with Gasteiger partial charge in [0.05, 0.1) is 41.4 Å². The maximum Gasteiger partial charge on any atom is 0.420 e. The molecular weight excluding hydrogens is 698 g/mol. The SMILES string of the molecule is CCOCC(F)C(F)COc1ccc(-c2ncc(N3C(=S)N(c4ccc(C#N)c(C(F)(F)F)c4F)C(=O)C3(C)C)cc2F)c(C(F)(F)F)c1. The van der Waals surface area contributed by atoms with Crippen molar-refractivity contribution in [2.24, 2.45) is 0 Å². The average Bonchev–Trinajstić information content (AvgIpc) is 3.19. The number of benzene rings is 2. The van der Waals surface area contributed by atoms with Gasteiger partial charge in [-0.15, -0.1) is 0 Å². The number of aromatic nitrogens is 1. The second kappa shape index (κ2) is 13.8. The summed E-state index contributed by atoms with van der Waals surface area (Å²) in [5, 5.41) is 8.44. The Morgan fingerprint density at radius 2 is 1.65 bits per heavy atom. The molecule has 2 aromatic carbocycles. The van der Waals surface area contributed by atoms with E-state index >= 15 is 8.78 Å². The zero-order valence-electron chi connectivity index (χ0n) is 25.5. The molecule has 0 saturated carbocycles. The average molecular weight is 723 g/mol. The Morgan fingerprint density at radius 1 is 1.00 bits per heavy atom. The zero-order valence-corrected chi connectivity index (χ0v) is 26.3. The Kier molecular flexibility index (Phi) is 10.5. The van der Waals surface area contributed by atoms with Crippen molar-refractivity contribution in [2.45, 2.75) is 51.0 Å². The van der Waals surface area contributed by atoms with E-state index in [4.69, 9.17) is 27.0 Å². The number of hydrogen-bond acceptors (Lipinski definition) is 6. The molecule has 2 atom stereocenters. The van der Waals surface area contributed by atoms with Gasteiger partial charge in [0.2, 0.25) is 0 Å². The number of thiocarbonyl (C=S) groups is 1. The normalized spacial score (nSPS) is 16.2. The number of halogens is 10. The molecule has 18 heteroatoms. The van der Waals surface area contributed by atoms with Gasteiger partial charge in [0, 0.05) is 18.2 Å². The van der Waals surface area contributed by atoms with Crippen LogP contribution in [0.4, 0.5) is 55.3 Å². The van der Waals surface area contributed by atoms with E-state index in [1.807, 2.05) is 0 Å². The molecule has 49 heavy (non-hydrogen) atoms. The van der Waals surface area contributed by atoms with E-state index in [0.717, 1.165) is 29.3 Å². The Hall–Kier alpha value is -4.50. The van der Waals surface area contributed by atoms with Crippen LogP contribution in [0.15, 0.2) is 42.6 Å². The molecule has 1 aliphatic rings. The molecule has 4 rings (SSSR count). The first-order chi connectivity index (χ1) is 22.7. The number of pyridine rings is 1. The summed E-state index contributed by atoms with van der Waals surface area (Å²) in [5.74, 6) is -4.89. The fourth-order valence-corrected chi connectivity index (χ4v) is 5.48. The van der Waals surface area contributed by atoms with E-state index in [-0.39, 0.29) is 12.3 Å². The van der Waals surface area contributed by atoms with Crippen LogP contribution in [0.1, 0.15) is 37.5 Å². The molecule has 2 unspecified atom stereocenters. The van der Waals surface area contributed by atoms with Crippen molar-refractivity contribution in [2.75, 3.05) is 29.6 Å². The van der Waals surface area contributed by atoms with Crippen LogP contribution in [-0.2, 0) is 21.9 Å². The maximum atomic E-state index is 15.6. The molecule has 0 aliphatic carbocycles. The van der Waals surface area contributed by atoms with Gasteiger partial charge in [-0.05, 0) is 63.3 Å². The highest BCUT2D eigenvalue weighted by atomic mass is 32.1. The van der Waals surface area contributed by atoms with Crippen molar-refractivity contribution in [3.05, 3.63) is 70.9 Å². The Bertz CT molecular complexity index is 1810. The van der Waals surface area contributed by atoms with Crippen molar-refractivity contribution < 1.29 is 58.2 Å². The van der Waals surface area contributed by atoms with E-state index < -0.39 is 105 Å². The molecule has 0 N–H and O–H groups in total. The van der Waals surface area contributed by atoms with Crippen molar-refractivity contribution in [1.29, 1.82) is 5.26 Å². The number of rotatable bonds is 10. The van der Waals surface area contributed by atoms with Crippen LogP contribution in [0.25, 0.3) is 11.3 Å². The van der Waals surface area contributed by atoms with Crippen molar-refractivity contribution in [1.82, 2.24) is 4.98 Å². The lowest BCUT2D eigenvalue weighted by Gasteiger charge is -2.29. The summed E-state index contributed by atoms with van der Waals surface area (Å²) in [5.41, 5.74) is -9.13. The van der Waals surface area contributed by atoms with Crippen LogP contribution < -0.4 is 14.5 Å². The Labute approximate surface area is 277 Å². The van der Waals surface area contributed by atoms with Crippen molar-refractivity contribution >= 4 is 34.6 Å². The number of hydrogen-bond donors (Lipinski definition) is 0. The zero-order chi connectivity index (χ0) is 36.6. The molecule has 7 nitrogen and oxygen atoms in total. The number of carbonyl (C=O) groups excluding carboxylic acids is 1. The minimum absolute atomic E-state index is 0.111. The summed E-state index contributed by atoms with van der Waals surface area (Å²) < 4.78 is 152. The molecule has 0 spiro atoms. The van der Waals surface area contributed by atoms with Gasteiger partial charge in [-0.1, -0.05) is 0 Å². The summed E-state index contributed by atoms with van der Waals surface area (Å²) in [7, 11) is 0. The number of nitriles is 1. The van der Waals surface area contributed by atoms with Gasteiger partial charge in [0.25, 0.3) is 5.91 Å². The first kappa shape index (κ1) is 37.3. The predicted octanol–water partition coefficient (Wildman–Crippen LogP) is 7.94. The highest BCUT2D eigenvalue weighted by Gasteiger charge is 2.52. The van der Waals surface area contributed by atoms with E-state index in [0.29, 0.717) is 23.1 Å². The Morgan fingerprint density at radius 3 is 2.22 bits per heavy atom. The molecule has 2 heterocycles. The molecule has 0 bridgehead atoms. The molecule has 1 fully saturated rings. The number of carbonyl (C=O) groups is 1. The van der Waals surface area contributed by atoms with Crippen LogP contribution in [0.2, 0.25) is 0 Å². The van der Waals surface area contributed by atoms with E-state index in [2.05, 4.69) is 4.98 Å². The first-order valence-electron chi connectivity index (χ1n) is 14.1. The molecule has 1 aliphatic heterocycles. The van der Waals surface area contributed by atoms with Gasteiger partial charge >= 0.3 is 12.4 Å². The van der Waals surface area contributed by atoms with E-state index in [1.54, 1.807) is 6.92 Å². The van der Waals surface area contributed by atoms with Gasteiger partial charge in [-0.2, -0.15) is 31.6 Å². The van der Waals surface area contributed by atoms with Gasteiger partial charge in [-0.25, -0.2) is 17.6 Å². The Balaban J connectivity index is 1.69. The summed E-state index contributed by atoms with van der Waals surface area (Å²) in [6.07, 6.45) is -13.9. The summed E-state index contributed by atoms with van der Waals surface area (Å²) in [4.78, 5) is 18.6. The van der Waals surface area contributed by atoms with Gasteiger partial charge in [0.15, 0.2) is 29.1 Å². The quantitative estimate of drug-likeness (QED) is 0.155. The van der Waals surface area contributed by atoms with E-state index in [1.165, 1.54) is 19.9 Å². The van der Waals surface area contributed by atoms with Crippen LogP contribution in [-0.4, -0.2) is 53.7 Å². The molecule has 262 valence electrons. The van der Waals surface area contributed by atoms with Gasteiger partial charge in [-0.3, -0.25) is 14.7 Å². The molecule has 1 aromatic heterocycles. The third-order valence-electron chi connectivity index (χ3n) is 7.35. The van der Waals surface area contributed by atoms with E-state index in [9.17, 15) is 39.9 Å². The monoisotopic (exact) mass is 722 g/mol. The molecule has 1 saturated heterocycles. The third kappa shape index (κ3) is 7.27. The highest BCUT2D eigenvalue weighted by molar-refractivity contribution is 7.81. The van der Waals surface area contributed by atoms with Crippen LogP contribution in [0, 0.1) is 23.0 Å². The largest absolute Gasteiger partial charge is 0.490 e. The van der Waals surface area contributed by atoms with Crippen LogP contribution in [0.5, 0.6) is 5.75 Å². The summed E-state index contributed by atoms with van der Waals surface area (Å²) >= 11 is 5.29. The smallest absolute Gasteiger partial charge is 0.420 e. The number of alkyl halides is 8. The molecular formula is C31H24F10N4O3S. The minimum atomic E-state index is -5.33. The lowest BCUT2D eigenvalue weighted by molar-refractivity contribution is -0.140. The number of nitrogens with zero attached hydrogens (tertiary/aromatic N) is 4. The highest BCUT2D eigenvalue weighted by Crippen LogP contribution is 2.43. The summed E-state index contributed by atoms with van der Waals surface area (Å²) in [6.45, 7) is 2.58. The van der Waals surface area contributed by atoms with Gasteiger partial charge in [0.1, 0.15) is 29.2 Å². The standard InChI is InChI=1S/C31H24F10N4O3S/c1-4-47-13-21(33)22(34)14-48-17-6-7-18(19(10-17)30(36,37)38)26-20(32)9-16(12-43-26)45-28(49)44(27(46)29(45,2)3)23-8-5-15(11-42)24(25(23)35)31(39,40)41/h5-10,12,21-22H,4,13-14H2,1-3H3. The fourth-order valence-electron chi connectivity index (χ4n) is 4.97. The number of amides is 1.